The van der Waals surface area contributed by atoms with E-state index in [0.717, 1.165) is 12.3 Å². The lowest BCUT2D eigenvalue weighted by molar-refractivity contribution is -0.389. The molecular weight excluding hydrogens is 238 g/mol. The van der Waals surface area contributed by atoms with Crippen molar-refractivity contribution in [1.29, 1.82) is 0 Å². The molecule has 1 rings (SSSR count). The Morgan fingerprint density at radius 2 is 2.22 bits per heavy atom. The molecule has 1 aromatic heterocycles. The maximum atomic E-state index is 11.7. The lowest BCUT2D eigenvalue weighted by atomic mass is 10.1. The molecule has 0 saturated carbocycles. The number of rotatable bonds is 4. The van der Waals surface area contributed by atoms with Crippen LogP contribution >= 0.6 is 0 Å². The lowest BCUT2D eigenvalue weighted by Crippen LogP contribution is -2.34. The van der Waals surface area contributed by atoms with E-state index < -0.39 is 22.6 Å². The number of amides is 2. The van der Waals surface area contributed by atoms with Crippen LogP contribution in [0.3, 0.4) is 0 Å². The van der Waals surface area contributed by atoms with Crippen molar-refractivity contribution in [1.82, 2.24) is 10.3 Å². The zero-order valence-electron chi connectivity index (χ0n) is 10.0. The van der Waals surface area contributed by atoms with Crippen molar-refractivity contribution in [3.05, 3.63) is 34.0 Å². The Bertz CT molecular complexity index is 487. The molecule has 0 saturated heterocycles. The number of carbonyl (C=O) groups is 2. The standard InChI is InChI=1S/C11H13N3O4/c1-3-7(2)10(15)13-11(16)8-4-5-12-9(6-8)14(17)18/h4-7H,3H2,1-2H3,(H,13,15,16). The first kappa shape index (κ1) is 13.8. The average molecular weight is 251 g/mol. The molecule has 7 nitrogen and oxygen atoms in total. The van der Waals surface area contributed by atoms with Gasteiger partial charge in [-0.2, -0.15) is 0 Å². The second-order valence-corrected chi connectivity index (χ2v) is 3.79. The fourth-order valence-electron chi connectivity index (χ4n) is 1.15. The summed E-state index contributed by atoms with van der Waals surface area (Å²) in [7, 11) is 0. The van der Waals surface area contributed by atoms with Gasteiger partial charge in [-0.15, -0.1) is 0 Å². The molecule has 1 aromatic rings. The Morgan fingerprint density at radius 3 is 2.78 bits per heavy atom. The van der Waals surface area contributed by atoms with Gasteiger partial charge in [-0.25, -0.2) is 0 Å². The highest BCUT2D eigenvalue weighted by Crippen LogP contribution is 2.09. The van der Waals surface area contributed by atoms with E-state index in [9.17, 15) is 19.7 Å². The van der Waals surface area contributed by atoms with E-state index in [1.807, 2.05) is 6.92 Å². The van der Waals surface area contributed by atoms with Crippen LogP contribution in [0, 0.1) is 16.0 Å². The number of carbonyl (C=O) groups excluding carboxylic acids is 2. The molecule has 0 radical (unpaired) electrons. The maximum absolute atomic E-state index is 11.7. The third-order valence-corrected chi connectivity index (χ3v) is 2.49. The third kappa shape index (κ3) is 3.34. The summed E-state index contributed by atoms with van der Waals surface area (Å²) in [6, 6.07) is 2.34. The topological polar surface area (TPSA) is 102 Å². The summed E-state index contributed by atoms with van der Waals surface area (Å²) in [5.41, 5.74) is 0.0355. The van der Waals surface area contributed by atoms with Crippen molar-refractivity contribution >= 4 is 17.6 Å². The summed E-state index contributed by atoms with van der Waals surface area (Å²) >= 11 is 0. The number of nitro groups is 1. The summed E-state index contributed by atoms with van der Waals surface area (Å²) in [6.45, 7) is 3.52. The van der Waals surface area contributed by atoms with Crippen molar-refractivity contribution in [3.8, 4) is 0 Å². The minimum Gasteiger partial charge on any atom is -0.358 e. The molecule has 1 atom stereocenters. The minimum atomic E-state index is -0.701. The SMILES string of the molecule is CCC(C)C(=O)NC(=O)c1ccnc([N+](=O)[O-])c1. The molecule has 18 heavy (non-hydrogen) atoms. The number of nitrogens with zero attached hydrogens (tertiary/aromatic N) is 2. The van der Waals surface area contributed by atoms with E-state index in [4.69, 9.17) is 0 Å². The van der Waals surface area contributed by atoms with Gasteiger partial charge in [-0.3, -0.25) is 14.9 Å². The molecule has 0 fully saturated rings. The maximum Gasteiger partial charge on any atom is 0.364 e. The number of hydrogen-bond acceptors (Lipinski definition) is 5. The number of imide groups is 1. The zero-order chi connectivity index (χ0) is 13.7. The van der Waals surface area contributed by atoms with Crippen LogP contribution in [-0.2, 0) is 4.79 Å². The fourth-order valence-corrected chi connectivity index (χ4v) is 1.15. The average Bonchev–Trinajstić information content (AvgIpc) is 2.37. The van der Waals surface area contributed by atoms with Crippen LogP contribution < -0.4 is 5.32 Å². The lowest BCUT2D eigenvalue weighted by Gasteiger charge is -2.08. The van der Waals surface area contributed by atoms with Crippen molar-refractivity contribution in [2.24, 2.45) is 5.92 Å². The van der Waals surface area contributed by atoms with Gasteiger partial charge in [0.2, 0.25) is 5.91 Å². The van der Waals surface area contributed by atoms with Crippen molar-refractivity contribution in [2.45, 2.75) is 20.3 Å². The van der Waals surface area contributed by atoms with Gasteiger partial charge < -0.3 is 10.1 Å². The Labute approximate surface area is 103 Å². The van der Waals surface area contributed by atoms with Gasteiger partial charge in [0.25, 0.3) is 5.91 Å². The van der Waals surface area contributed by atoms with Gasteiger partial charge >= 0.3 is 5.82 Å². The summed E-state index contributed by atoms with van der Waals surface area (Å²) < 4.78 is 0. The van der Waals surface area contributed by atoms with Crippen molar-refractivity contribution in [3.63, 3.8) is 0 Å². The first-order valence-corrected chi connectivity index (χ1v) is 5.41. The van der Waals surface area contributed by atoms with E-state index >= 15 is 0 Å². The van der Waals surface area contributed by atoms with Crippen molar-refractivity contribution in [2.75, 3.05) is 0 Å². The minimum absolute atomic E-state index is 0.0355. The van der Waals surface area contributed by atoms with E-state index in [1.165, 1.54) is 6.07 Å². The molecule has 0 aliphatic heterocycles. The molecular formula is C11H13N3O4. The van der Waals surface area contributed by atoms with Crippen LogP contribution in [0.5, 0.6) is 0 Å². The van der Waals surface area contributed by atoms with E-state index in [2.05, 4.69) is 10.3 Å². The van der Waals surface area contributed by atoms with Crippen LogP contribution in [0.1, 0.15) is 30.6 Å². The molecule has 0 spiro atoms. The monoisotopic (exact) mass is 251 g/mol. The molecule has 2 amide bonds. The number of nitrogens with one attached hydrogen (secondary N) is 1. The summed E-state index contributed by atoms with van der Waals surface area (Å²) in [4.78, 5) is 36.4. The van der Waals surface area contributed by atoms with Gasteiger partial charge in [0.15, 0.2) is 0 Å². The Hall–Kier alpha value is -2.31. The molecule has 96 valence electrons. The van der Waals surface area contributed by atoms with Crippen LogP contribution in [0.2, 0.25) is 0 Å². The Kier molecular flexibility index (Phi) is 4.47. The second kappa shape index (κ2) is 5.85. The van der Waals surface area contributed by atoms with Gasteiger partial charge in [0, 0.05) is 12.0 Å². The molecule has 0 aliphatic carbocycles. The summed E-state index contributed by atoms with van der Waals surface area (Å²) in [6.07, 6.45) is 1.76. The van der Waals surface area contributed by atoms with Crippen LogP contribution in [0.25, 0.3) is 0 Å². The molecule has 1 heterocycles. The van der Waals surface area contributed by atoms with Gasteiger partial charge in [-0.05, 0) is 22.4 Å². The molecule has 7 heteroatoms. The molecule has 0 aromatic carbocycles. The molecule has 0 bridgehead atoms. The number of hydrogen-bond donors (Lipinski definition) is 1. The Balaban J connectivity index is 2.82. The predicted molar refractivity (Wildman–Crippen MR) is 62.8 cm³/mol. The number of aromatic nitrogens is 1. The summed E-state index contributed by atoms with van der Waals surface area (Å²) in [5, 5.41) is 12.7. The molecule has 0 aliphatic rings. The van der Waals surface area contributed by atoms with E-state index in [-0.39, 0.29) is 11.5 Å². The van der Waals surface area contributed by atoms with Crippen LogP contribution in [0.4, 0.5) is 5.82 Å². The number of pyridine rings is 1. The van der Waals surface area contributed by atoms with Crippen LogP contribution in [-0.4, -0.2) is 21.7 Å². The highest BCUT2D eigenvalue weighted by molar-refractivity contribution is 6.05. The largest absolute Gasteiger partial charge is 0.364 e. The third-order valence-electron chi connectivity index (χ3n) is 2.49. The molecule has 1 N–H and O–H groups in total. The normalized spacial score (nSPS) is 11.7. The van der Waals surface area contributed by atoms with E-state index in [0.29, 0.717) is 6.42 Å². The van der Waals surface area contributed by atoms with E-state index in [1.54, 1.807) is 6.92 Å². The van der Waals surface area contributed by atoms with Gasteiger partial charge in [0.05, 0.1) is 5.56 Å². The highest BCUT2D eigenvalue weighted by atomic mass is 16.6. The fraction of sp³-hybridized carbons (Fsp3) is 0.364. The van der Waals surface area contributed by atoms with Crippen molar-refractivity contribution < 1.29 is 14.5 Å². The zero-order valence-corrected chi connectivity index (χ0v) is 10.0. The highest BCUT2D eigenvalue weighted by Gasteiger charge is 2.17. The van der Waals surface area contributed by atoms with Gasteiger partial charge in [0.1, 0.15) is 6.20 Å². The first-order valence-electron chi connectivity index (χ1n) is 5.41. The summed E-state index contributed by atoms with van der Waals surface area (Å²) in [5.74, 6) is -1.78. The Morgan fingerprint density at radius 1 is 1.56 bits per heavy atom. The quantitative estimate of drug-likeness (QED) is 0.641. The predicted octanol–water partition coefficient (Wildman–Crippen LogP) is 1.29. The first-order chi connectivity index (χ1) is 8.45. The molecule has 1 unspecified atom stereocenters. The second-order valence-electron chi connectivity index (χ2n) is 3.79. The van der Waals surface area contributed by atoms with Gasteiger partial charge in [-0.1, -0.05) is 13.8 Å². The van der Waals surface area contributed by atoms with Crippen LogP contribution in [0.15, 0.2) is 18.3 Å². The smallest absolute Gasteiger partial charge is 0.358 e.